The van der Waals surface area contributed by atoms with E-state index in [9.17, 15) is 5.11 Å². The van der Waals surface area contributed by atoms with Crippen LogP contribution in [0.4, 0.5) is 0 Å². The molecule has 3 nitrogen and oxygen atoms in total. The van der Waals surface area contributed by atoms with E-state index in [-0.39, 0.29) is 0 Å². The molecular formula is C17H36N2O. The van der Waals surface area contributed by atoms with Crippen molar-refractivity contribution in [3.8, 4) is 0 Å². The molecule has 0 heterocycles. The molecule has 0 aromatic rings. The first-order valence-electron chi connectivity index (χ1n) is 8.27. The Labute approximate surface area is 126 Å². The highest BCUT2D eigenvalue weighted by Gasteiger charge is 2.32. The Balaban J connectivity index is 2.33. The van der Waals surface area contributed by atoms with Gasteiger partial charge in [-0.2, -0.15) is 0 Å². The summed E-state index contributed by atoms with van der Waals surface area (Å²) in [4.78, 5) is 2.04. The van der Waals surface area contributed by atoms with Crippen LogP contribution in [-0.4, -0.2) is 48.8 Å². The van der Waals surface area contributed by atoms with Crippen LogP contribution in [0.15, 0.2) is 0 Å². The lowest BCUT2D eigenvalue weighted by molar-refractivity contribution is 0.0281. The molecule has 0 aromatic carbocycles. The zero-order valence-corrected chi connectivity index (χ0v) is 14.5. The molecule has 0 amide bonds. The molecule has 0 spiro atoms. The molecule has 1 fully saturated rings. The maximum Gasteiger partial charge on any atom is 0.0869 e. The largest absolute Gasteiger partial charge is 0.388 e. The molecule has 3 heteroatoms. The van der Waals surface area contributed by atoms with Gasteiger partial charge in [-0.25, -0.2) is 0 Å². The number of nitrogens with one attached hydrogen (secondary N) is 1. The van der Waals surface area contributed by atoms with E-state index < -0.39 is 5.60 Å². The van der Waals surface area contributed by atoms with Gasteiger partial charge in [0.25, 0.3) is 0 Å². The van der Waals surface area contributed by atoms with Crippen LogP contribution in [0.25, 0.3) is 0 Å². The predicted molar refractivity (Wildman–Crippen MR) is 87.0 cm³/mol. The van der Waals surface area contributed by atoms with Crippen molar-refractivity contribution in [3.63, 3.8) is 0 Å². The van der Waals surface area contributed by atoms with Crippen molar-refractivity contribution >= 4 is 0 Å². The third kappa shape index (κ3) is 5.71. The SMILES string of the molecule is CCC(C)(C)C1CCC(NCC(C)(O)CN(C)C)CC1. The van der Waals surface area contributed by atoms with Gasteiger partial charge in [0.1, 0.15) is 0 Å². The molecule has 20 heavy (non-hydrogen) atoms. The normalized spacial score (nSPS) is 27.6. The number of hydrogen-bond donors (Lipinski definition) is 2. The fraction of sp³-hybridized carbons (Fsp3) is 1.00. The summed E-state index contributed by atoms with van der Waals surface area (Å²) in [7, 11) is 4.01. The van der Waals surface area contributed by atoms with Gasteiger partial charge in [0.05, 0.1) is 5.60 Å². The Hall–Kier alpha value is -0.120. The number of likely N-dealkylation sites (N-methyl/N-ethyl adjacent to an activating group) is 1. The van der Waals surface area contributed by atoms with E-state index in [1.54, 1.807) is 0 Å². The molecule has 0 radical (unpaired) electrons. The minimum Gasteiger partial charge on any atom is -0.388 e. The minimum absolute atomic E-state index is 0.487. The lowest BCUT2D eigenvalue weighted by atomic mass is 9.69. The second-order valence-corrected chi connectivity index (χ2v) is 8.01. The Morgan fingerprint density at radius 1 is 1.10 bits per heavy atom. The highest BCUT2D eigenvalue weighted by atomic mass is 16.3. The Morgan fingerprint density at radius 3 is 2.10 bits per heavy atom. The van der Waals surface area contributed by atoms with Crippen molar-refractivity contribution < 1.29 is 5.11 Å². The molecule has 1 aliphatic rings. The second kappa shape index (κ2) is 7.24. The summed E-state index contributed by atoms with van der Waals surface area (Å²) in [5.74, 6) is 0.868. The number of rotatable bonds is 7. The summed E-state index contributed by atoms with van der Waals surface area (Å²) >= 11 is 0. The maximum absolute atomic E-state index is 10.3. The smallest absolute Gasteiger partial charge is 0.0869 e. The Bertz CT molecular complexity index is 279. The quantitative estimate of drug-likeness (QED) is 0.754. The summed E-state index contributed by atoms with van der Waals surface area (Å²) in [5, 5.41) is 13.9. The maximum atomic E-state index is 10.3. The van der Waals surface area contributed by atoms with Gasteiger partial charge in [0.2, 0.25) is 0 Å². The van der Waals surface area contributed by atoms with Crippen LogP contribution in [0.3, 0.4) is 0 Å². The highest BCUT2D eigenvalue weighted by Crippen LogP contribution is 2.40. The van der Waals surface area contributed by atoms with Gasteiger partial charge in [-0.1, -0.05) is 27.2 Å². The van der Waals surface area contributed by atoms with Crippen LogP contribution in [0.5, 0.6) is 0 Å². The molecule has 0 aromatic heterocycles. The fourth-order valence-corrected chi connectivity index (χ4v) is 3.47. The second-order valence-electron chi connectivity index (χ2n) is 8.01. The lowest BCUT2D eigenvalue weighted by Crippen LogP contribution is -2.49. The monoisotopic (exact) mass is 284 g/mol. The molecule has 1 unspecified atom stereocenters. The van der Waals surface area contributed by atoms with Crippen LogP contribution < -0.4 is 5.32 Å². The molecule has 1 atom stereocenters. The van der Waals surface area contributed by atoms with Gasteiger partial charge in [-0.05, 0) is 58.0 Å². The van der Waals surface area contributed by atoms with E-state index in [2.05, 4.69) is 26.1 Å². The molecule has 1 rings (SSSR count). The zero-order valence-electron chi connectivity index (χ0n) is 14.5. The molecule has 1 saturated carbocycles. The summed E-state index contributed by atoms with van der Waals surface area (Å²) in [6.07, 6.45) is 6.44. The molecular weight excluding hydrogens is 248 g/mol. The average molecular weight is 284 g/mol. The molecule has 0 bridgehead atoms. The van der Waals surface area contributed by atoms with Gasteiger partial charge in [-0.15, -0.1) is 0 Å². The first-order valence-corrected chi connectivity index (χ1v) is 8.27. The summed E-state index contributed by atoms with van der Waals surface area (Å²) in [6, 6.07) is 0.590. The van der Waals surface area contributed by atoms with Crippen molar-refractivity contribution in [1.82, 2.24) is 10.2 Å². The van der Waals surface area contributed by atoms with Gasteiger partial charge in [0.15, 0.2) is 0 Å². The molecule has 120 valence electrons. The van der Waals surface area contributed by atoms with Crippen LogP contribution in [-0.2, 0) is 0 Å². The summed E-state index contributed by atoms with van der Waals surface area (Å²) in [5.41, 5.74) is -0.148. The van der Waals surface area contributed by atoms with Crippen LogP contribution in [0, 0.1) is 11.3 Å². The van der Waals surface area contributed by atoms with E-state index in [0.717, 1.165) is 5.92 Å². The van der Waals surface area contributed by atoms with Crippen LogP contribution in [0.1, 0.15) is 59.8 Å². The van der Waals surface area contributed by atoms with Crippen LogP contribution >= 0.6 is 0 Å². The Kier molecular flexibility index (Phi) is 6.49. The van der Waals surface area contributed by atoms with Gasteiger partial charge < -0.3 is 15.3 Å². The van der Waals surface area contributed by atoms with Crippen molar-refractivity contribution in [2.45, 2.75) is 71.4 Å². The lowest BCUT2D eigenvalue weighted by Gasteiger charge is -2.40. The number of nitrogens with zero attached hydrogens (tertiary/aromatic N) is 1. The number of hydrogen-bond acceptors (Lipinski definition) is 3. The highest BCUT2D eigenvalue weighted by molar-refractivity contribution is 4.87. The van der Waals surface area contributed by atoms with E-state index >= 15 is 0 Å². The van der Waals surface area contributed by atoms with Crippen molar-refractivity contribution in [1.29, 1.82) is 0 Å². The topological polar surface area (TPSA) is 35.5 Å². The van der Waals surface area contributed by atoms with Crippen LogP contribution in [0.2, 0.25) is 0 Å². The standard InChI is InChI=1S/C17H36N2O/c1-7-16(2,3)14-8-10-15(11-9-14)18-12-17(4,20)13-19(5)6/h14-15,18,20H,7-13H2,1-6H3. The minimum atomic E-state index is -0.636. The van der Waals surface area contributed by atoms with E-state index in [0.29, 0.717) is 24.5 Å². The number of aliphatic hydroxyl groups is 1. The summed E-state index contributed by atoms with van der Waals surface area (Å²) < 4.78 is 0. The fourth-order valence-electron chi connectivity index (χ4n) is 3.47. The summed E-state index contributed by atoms with van der Waals surface area (Å²) in [6.45, 7) is 10.4. The zero-order chi connectivity index (χ0) is 15.4. The van der Waals surface area contributed by atoms with Crippen molar-refractivity contribution in [3.05, 3.63) is 0 Å². The van der Waals surface area contributed by atoms with Gasteiger partial charge >= 0.3 is 0 Å². The Morgan fingerprint density at radius 2 is 1.65 bits per heavy atom. The van der Waals surface area contributed by atoms with Crippen molar-refractivity contribution in [2.75, 3.05) is 27.2 Å². The first kappa shape index (κ1) is 17.9. The molecule has 2 N–H and O–H groups in total. The van der Waals surface area contributed by atoms with Gasteiger partial charge in [-0.3, -0.25) is 0 Å². The predicted octanol–water partition coefficient (Wildman–Crippen LogP) is 2.88. The average Bonchev–Trinajstić information content (AvgIpc) is 2.35. The van der Waals surface area contributed by atoms with E-state index in [4.69, 9.17) is 0 Å². The molecule has 0 saturated heterocycles. The molecule has 1 aliphatic carbocycles. The first-order chi connectivity index (χ1) is 9.16. The third-order valence-electron chi connectivity index (χ3n) is 5.17. The van der Waals surface area contributed by atoms with Crippen molar-refractivity contribution in [2.24, 2.45) is 11.3 Å². The van der Waals surface area contributed by atoms with E-state index in [1.807, 2.05) is 25.9 Å². The molecule has 0 aliphatic heterocycles. The van der Waals surface area contributed by atoms with E-state index in [1.165, 1.54) is 32.1 Å². The van der Waals surface area contributed by atoms with Gasteiger partial charge in [0, 0.05) is 19.1 Å². The third-order valence-corrected chi connectivity index (χ3v) is 5.17.